The highest BCUT2D eigenvalue weighted by Crippen LogP contribution is 2.55. The maximum atomic E-state index is 10.8. The van der Waals surface area contributed by atoms with Gasteiger partial charge in [0.15, 0.2) is 0 Å². The van der Waals surface area contributed by atoms with Gasteiger partial charge in [-0.25, -0.2) is 0 Å². The fraction of sp³-hybridized carbons (Fsp3) is 0.500. The molecule has 3 atom stereocenters. The van der Waals surface area contributed by atoms with Crippen LogP contribution in [0.3, 0.4) is 0 Å². The van der Waals surface area contributed by atoms with E-state index in [2.05, 4.69) is 51.1 Å². The lowest BCUT2D eigenvalue weighted by Gasteiger charge is -2.48. The molecule has 2 aliphatic rings. The van der Waals surface area contributed by atoms with E-state index in [0.29, 0.717) is 17.6 Å². The fourth-order valence-corrected chi connectivity index (χ4v) is 5.09. The predicted molar refractivity (Wildman–Crippen MR) is 106 cm³/mol. The zero-order valence-corrected chi connectivity index (χ0v) is 16.2. The van der Waals surface area contributed by atoms with Crippen LogP contribution in [-0.2, 0) is 12.8 Å². The topological polar surface area (TPSA) is 29.5 Å². The summed E-state index contributed by atoms with van der Waals surface area (Å²) < 4.78 is 6.44. The van der Waals surface area contributed by atoms with Gasteiger partial charge < -0.3 is 9.84 Å². The van der Waals surface area contributed by atoms with E-state index in [0.717, 1.165) is 42.1 Å². The molecule has 1 heterocycles. The first-order chi connectivity index (χ1) is 12.4. The SMILES string of the molecule is CC1CC[C@@H]2[C@H](C1)c1c(O)cc(CCc3ccccc3)cc1OC2(C)C. The van der Waals surface area contributed by atoms with Crippen molar-refractivity contribution in [3.05, 3.63) is 59.2 Å². The van der Waals surface area contributed by atoms with Crippen LogP contribution in [0.25, 0.3) is 0 Å². The Hall–Kier alpha value is -1.96. The van der Waals surface area contributed by atoms with Gasteiger partial charge in [0.05, 0.1) is 0 Å². The van der Waals surface area contributed by atoms with E-state index in [-0.39, 0.29) is 5.60 Å². The molecule has 1 unspecified atom stereocenters. The smallest absolute Gasteiger partial charge is 0.127 e. The third-order valence-corrected chi connectivity index (χ3v) is 6.47. The van der Waals surface area contributed by atoms with Crippen molar-refractivity contribution in [2.24, 2.45) is 11.8 Å². The molecule has 1 fully saturated rings. The molecule has 1 N–H and O–H groups in total. The molecule has 1 saturated carbocycles. The largest absolute Gasteiger partial charge is 0.508 e. The van der Waals surface area contributed by atoms with E-state index in [1.54, 1.807) is 0 Å². The van der Waals surface area contributed by atoms with Gasteiger partial charge in [-0.15, -0.1) is 0 Å². The van der Waals surface area contributed by atoms with Gasteiger partial charge in [0.25, 0.3) is 0 Å². The van der Waals surface area contributed by atoms with Gasteiger partial charge in [-0.05, 0) is 74.6 Å². The van der Waals surface area contributed by atoms with Crippen molar-refractivity contribution >= 4 is 0 Å². The van der Waals surface area contributed by atoms with Crippen LogP contribution in [0, 0.1) is 11.8 Å². The molecule has 0 saturated heterocycles. The summed E-state index contributed by atoms with van der Waals surface area (Å²) >= 11 is 0. The summed E-state index contributed by atoms with van der Waals surface area (Å²) in [5.74, 6) is 2.97. The van der Waals surface area contributed by atoms with Crippen LogP contribution in [0.1, 0.15) is 62.6 Å². The normalized spacial score (nSPS) is 26.5. The minimum Gasteiger partial charge on any atom is -0.508 e. The van der Waals surface area contributed by atoms with Crippen LogP contribution in [-0.4, -0.2) is 10.7 Å². The maximum Gasteiger partial charge on any atom is 0.127 e. The summed E-state index contributed by atoms with van der Waals surface area (Å²) in [7, 11) is 0. The second-order valence-electron chi connectivity index (χ2n) is 8.85. The minimum absolute atomic E-state index is 0.164. The van der Waals surface area contributed by atoms with Crippen LogP contribution >= 0.6 is 0 Å². The predicted octanol–water partition coefficient (Wildman–Crippen LogP) is 5.87. The second kappa shape index (κ2) is 6.64. The number of phenolic OH excluding ortho intramolecular Hbond substituents is 1. The Morgan fingerprint density at radius 1 is 1.04 bits per heavy atom. The Kier molecular flexibility index (Phi) is 4.46. The minimum atomic E-state index is -0.164. The second-order valence-corrected chi connectivity index (χ2v) is 8.85. The molecule has 0 bridgehead atoms. The summed E-state index contributed by atoms with van der Waals surface area (Å²) in [4.78, 5) is 0. The molecule has 2 aromatic rings. The highest BCUT2D eigenvalue weighted by molar-refractivity contribution is 5.52. The first-order valence-electron chi connectivity index (χ1n) is 10.0. The zero-order valence-electron chi connectivity index (χ0n) is 16.2. The summed E-state index contributed by atoms with van der Waals surface area (Å²) in [5.41, 5.74) is 3.38. The third kappa shape index (κ3) is 3.22. The molecular weight excluding hydrogens is 320 g/mol. The van der Waals surface area contributed by atoms with Gasteiger partial charge in [-0.3, -0.25) is 0 Å². The van der Waals surface area contributed by atoms with E-state index in [9.17, 15) is 5.11 Å². The third-order valence-electron chi connectivity index (χ3n) is 6.47. The lowest BCUT2D eigenvalue weighted by Crippen LogP contribution is -2.46. The Bertz CT molecular complexity index is 778. The van der Waals surface area contributed by atoms with Crippen LogP contribution in [0.2, 0.25) is 0 Å². The Morgan fingerprint density at radius 3 is 2.54 bits per heavy atom. The summed E-state index contributed by atoms with van der Waals surface area (Å²) in [6.45, 7) is 6.78. The molecule has 1 aliphatic carbocycles. The van der Waals surface area contributed by atoms with E-state index in [1.165, 1.54) is 18.4 Å². The highest BCUT2D eigenvalue weighted by atomic mass is 16.5. The van der Waals surface area contributed by atoms with Gasteiger partial charge in [0, 0.05) is 11.5 Å². The number of rotatable bonds is 3. The number of aryl methyl sites for hydroxylation is 2. The number of benzene rings is 2. The molecule has 2 heteroatoms. The number of fused-ring (bicyclic) bond motifs is 3. The fourth-order valence-electron chi connectivity index (χ4n) is 5.09. The van der Waals surface area contributed by atoms with Gasteiger partial charge >= 0.3 is 0 Å². The highest BCUT2D eigenvalue weighted by Gasteiger charge is 2.47. The van der Waals surface area contributed by atoms with E-state index < -0.39 is 0 Å². The average Bonchev–Trinajstić information content (AvgIpc) is 2.59. The summed E-state index contributed by atoms with van der Waals surface area (Å²) in [6, 6.07) is 14.7. The molecule has 2 aromatic carbocycles. The molecule has 1 aliphatic heterocycles. The number of ether oxygens (including phenoxy) is 1. The van der Waals surface area contributed by atoms with Gasteiger partial charge in [0.2, 0.25) is 0 Å². The molecule has 138 valence electrons. The Balaban J connectivity index is 1.63. The van der Waals surface area contributed by atoms with Crippen molar-refractivity contribution in [1.82, 2.24) is 0 Å². The average molecular weight is 351 g/mol. The number of phenols is 1. The number of hydrogen-bond donors (Lipinski definition) is 1. The van der Waals surface area contributed by atoms with E-state index in [4.69, 9.17) is 4.74 Å². The lowest BCUT2D eigenvalue weighted by atomic mass is 9.64. The Labute approximate surface area is 157 Å². The standard InChI is InChI=1S/C24H30O2/c1-16-9-12-20-19(13-16)23-21(25)14-18(15-22(23)26-24(20,2)3)11-10-17-7-5-4-6-8-17/h4-8,14-16,19-20,25H,9-13H2,1-3H3/t16?,19-,20+/m0/s1. The summed E-state index contributed by atoms with van der Waals surface area (Å²) in [5, 5.41) is 10.8. The van der Waals surface area contributed by atoms with Gasteiger partial charge in [-0.1, -0.05) is 43.7 Å². The molecule has 0 aromatic heterocycles. The molecule has 0 radical (unpaired) electrons. The first kappa shape index (κ1) is 17.5. The Morgan fingerprint density at radius 2 is 1.77 bits per heavy atom. The van der Waals surface area contributed by atoms with Crippen molar-refractivity contribution < 1.29 is 9.84 Å². The van der Waals surface area contributed by atoms with Crippen molar-refractivity contribution in [3.8, 4) is 11.5 Å². The molecule has 0 amide bonds. The van der Waals surface area contributed by atoms with Crippen molar-refractivity contribution in [3.63, 3.8) is 0 Å². The molecule has 2 nitrogen and oxygen atoms in total. The molecule has 26 heavy (non-hydrogen) atoms. The van der Waals surface area contributed by atoms with E-state index in [1.807, 2.05) is 12.1 Å². The molecule has 4 rings (SSSR count). The van der Waals surface area contributed by atoms with Crippen LogP contribution < -0.4 is 4.74 Å². The molecule has 0 spiro atoms. The van der Waals surface area contributed by atoms with Crippen LogP contribution in [0.4, 0.5) is 0 Å². The van der Waals surface area contributed by atoms with Crippen LogP contribution in [0.5, 0.6) is 11.5 Å². The first-order valence-corrected chi connectivity index (χ1v) is 10.0. The number of aromatic hydroxyl groups is 1. The van der Waals surface area contributed by atoms with Crippen LogP contribution in [0.15, 0.2) is 42.5 Å². The maximum absolute atomic E-state index is 10.8. The van der Waals surface area contributed by atoms with Gasteiger partial charge in [0.1, 0.15) is 17.1 Å². The number of hydrogen-bond acceptors (Lipinski definition) is 2. The lowest BCUT2D eigenvalue weighted by molar-refractivity contribution is -0.0145. The van der Waals surface area contributed by atoms with E-state index >= 15 is 0 Å². The summed E-state index contributed by atoms with van der Waals surface area (Å²) in [6.07, 6.45) is 5.50. The quantitative estimate of drug-likeness (QED) is 0.750. The molecular formula is C24H30O2. The zero-order chi connectivity index (χ0) is 18.3. The van der Waals surface area contributed by atoms with Crippen molar-refractivity contribution in [1.29, 1.82) is 0 Å². The van der Waals surface area contributed by atoms with Crippen molar-refractivity contribution in [2.75, 3.05) is 0 Å². The van der Waals surface area contributed by atoms with Crippen molar-refractivity contribution in [2.45, 2.75) is 64.4 Å². The monoisotopic (exact) mass is 350 g/mol. The van der Waals surface area contributed by atoms with Gasteiger partial charge in [-0.2, -0.15) is 0 Å².